The Kier molecular flexibility index (Phi) is 7.08. The first-order valence-corrected chi connectivity index (χ1v) is 9.79. The molecular weight excluding hydrogens is 364 g/mol. The van der Waals surface area contributed by atoms with Crippen LogP contribution in [-0.2, 0) is 6.67 Å². The van der Waals surface area contributed by atoms with Gasteiger partial charge in [0.2, 0.25) is 5.95 Å². The summed E-state index contributed by atoms with van der Waals surface area (Å²) >= 11 is 0. The van der Waals surface area contributed by atoms with Gasteiger partial charge in [-0.05, 0) is 38.2 Å². The first-order valence-electron chi connectivity index (χ1n) is 9.79. The number of rotatable bonds is 8. The molecule has 2 heterocycles. The molecule has 2 aromatic rings. The molecule has 3 rings (SSSR count). The molecule has 2 aromatic heterocycles. The standard InChI is InChI=1S/C20H27F2N5O/c1-2-14(22)11-24-20-25-12-17(18-8-3-13(9-21)10-23-18)19(27-20)26-15-4-6-16(28)7-5-15/h3,8,10,12,14-16,28H,2,4-7,9,11H2,1H3,(H2,24,25,26,27). The Morgan fingerprint density at radius 3 is 2.61 bits per heavy atom. The van der Waals surface area contributed by atoms with Crippen molar-refractivity contribution in [2.45, 2.75) is 64.0 Å². The monoisotopic (exact) mass is 391 g/mol. The van der Waals surface area contributed by atoms with E-state index in [2.05, 4.69) is 25.6 Å². The van der Waals surface area contributed by atoms with Crippen LogP contribution in [0.15, 0.2) is 24.5 Å². The van der Waals surface area contributed by atoms with Crippen molar-refractivity contribution < 1.29 is 13.9 Å². The summed E-state index contributed by atoms with van der Waals surface area (Å²) in [5.74, 6) is 0.949. The first kappa shape index (κ1) is 20.4. The average molecular weight is 391 g/mol. The third-order valence-electron chi connectivity index (χ3n) is 5.01. The van der Waals surface area contributed by atoms with Crippen LogP contribution in [0.25, 0.3) is 11.3 Å². The lowest BCUT2D eigenvalue weighted by molar-refractivity contribution is 0.126. The third kappa shape index (κ3) is 5.34. The highest BCUT2D eigenvalue weighted by Crippen LogP contribution is 2.29. The van der Waals surface area contributed by atoms with Gasteiger partial charge in [-0.1, -0.05) is 13.0 Å². The van der Waals surface area contributed by atoms with Gasteiger partial charge in [0.25, 0.3) is 0 Å². The minimum Gasteiger partial charge on any atom is -0.393 e. The maximum atomic E-state index is 13.5. The molecule has 8 heteroatoms. The zero-order valence-electron chi connectivity index (χ0n) is 16.0. The van der Waals surface area contributed by atoms with E-state index in [4.69, 9.17) is 0 Å². The SMILES string of the molecule is CCC(F)CNc1ncc(-c2ccc(CF)cn2)c(NC2CCC(O)CC2)n1. The van der Waals surface area contributed by atoms with E-state index >= 15 is 0 Å². The van der Waals surface area contributed by atoms with Crippen molar-refractivity contribution in [3.63, 3.8) is 0 Å². The van der Waals surface area contributed by atoms with Gasteiger partial charge in [0, 0.05) is 30.5 Å². The summed E-state index contributed by atoms with van der Waals surface area (Å²) in [5.41, 5.74) is 1.85. The van der Waals surface area contributed by atoms with E-state index in [0.717, 1.165) is 25.7 Å². The Morgan fingerprint density at radius 2 is 1.96 bits per heavy atom. The zero-order valence-corrected chi connectivity index (χ0v) is 16.0. The fraction of sp³-hybridized carbons (Fsp3) is 0.550. The van der Waals surface area contributed by atoms with E-state index < -0.39 is 12.8 Å². The number of aliphatic hydroxyl groups excluding tert-OH is 1. The number of aromatic nitrogens is 3. The summed E-state index contributed by atoms with van der Waals surface area (Å²) in [4.78, 5) is 13.1. The summed E-state index contributed by atoms with van der Waals surface area (Å²) in [6.45, 7) is 1.37. The van der Waals surface area contributed by atoms with Gasteiger partial charge in [-0.25, -0.2) is 13.8 Å². The second-order valence-corrected chi connectivity index (χ2v) is 7.18. The molecule has 1 atom stereocenters. The highest BCUT2D eigenvalue weighted by Gasteiger charge is 2.21. The Hall–Kier alpha value is -2.35. The van der Waals surface area contributed by atoms with Gasteiger partial charge in [-0.15, -0.1) is 0 Å². The number of aliphatic hydroxyl groups is 1. The predicted octanol–water partition coefficient (Wildman–Crippen LogP) is 3.88. The van der Waals surface area contributed by atoms with Crippen LogP contribution in [0.2, 0.25) is 0 Å². The number of halogens is 2. The fourth-order valence-corrected chi connectivity index (χ4v) is 3.19. The molecule has 6 nitrogen and oxygen atoms in total. The fourth-order valence-electron chi connectivity index (χ4n) is 3.19. The maximum absolute atomic E-state index is 13.5. The van der Waals surface area contributed by atoms with Crippen molar-refractivity contribution in [1.29, 1.82) is 0 Å². The van der Waals surface area contributed by atoms with Crippen LogP contribution in [0.1, 0.15) is 44.6 Å². The molecule has 0 radical (unpaired) electrons. The molecule has 152 valence electrons. The molecule has 1 saturated carbocycles. The smallest absolute Gasteiger partial charge is 0.224 e. The van der Waals surface area contributed by atoms with E-state index in [-0.39, 0.29) is 18.7 Å². The molecule has 1 aliphatic carbocycles. The van der Waals surface area contributed by atoms with Crippen LogP contribution in [-0.4, -0.2) is 44.9 Å². The van der Waals surface area contributed by atoms with Crippen molar-refractivity contribution in [2.75, 3.05) is 17.2 Å². The van der Waals surface area contributed by atoms with Gasteiger partial charge < -0.3 is 15.7 Å². The van der Waals surface area contributed by atoms with Crippen LogP contribution >= 0.6 is 0 Å². The minimum absolute atomic E-state index is 0.147. The normalized spacial score (nSPS) is 20.6. The van der Waals surface area contributed by atoms with Crippen LogP contribution < -0.4 is 10.6 Å². The number of anilines is 2. The first-order chi connectivity index (χ1) is 13.6. The number of nitrogens with one attached hydrogen (secondary N) is 2. The summed E-state index contributed by atoms with van der Waals surface area (Å²) < 4.78 is 26.3. The van der Waals surface area contributed by atoms with Crippen LogP contribution in [0.4, 0.5) is 20.5 Å². The summed E-state index contributed by atoms with van der Waals surface area (Å²) in [6.07, 6.45) is 5.52. The Morgan fingerprint density at radius 1 is 1.18 bits per heavy atom. The topological polar surface area (TPSA) is 83.0 Å². The molecule has 0 amide bonds. The van der Waals surface area contributed by atoms with Crippen molar-refractivity contribution in [2.24, 2.45) is 0 Å². The van der Waals surface area contributed by atoms with Crippen molar-refractivity contribution in [3.05, 3.63) is 30.1 Å². The summed E-state index contributed by atoms with van der Waals surface area (Å²) in [7, 11) is 0. The quantitative estimate of drug-likeness (QED) is 0.633. The molecule has 0 aromatic carbocycles. The largest absolute Gasteiger partial charge is 0.393 e. The Balaban J connectivity index is 1.83. The minimum atomic E-state index is -0.963. The highest BCUT2D eigenvalue weighted by atomic mass is 19.1. The molecule has 1 fully saturated rings. The second kappa shape index (κ2) is 9.73. The highest BCUT2D eigenvalue weighted by molar-refractivity contribution is 5.72. The van der Waals surface area contributed by atoms with E-state index in [1.54, 1.807) is 25.3 Å². The second-order valence-electron chi connectivity index (χ2n) is 7.18. The molecule has 0 bridgehead atoms. The summed E-state index contributed by atoms with van der Waals surface area (Å²) in [5, 5.41) is 16.1. The van der Waals surface area contributed by atoms with Crippen LogP contribution in [0.3, 0.4) is 0 Å². The molecule has 28 heavy (non-hydrogen) atoms. The number of pyridine rings is 1. The van der Waals surface area contributed by atoms with E-state index in [1.165, 1.54) is 6.20 Å². The zero-order chi connectivity index (χ0) is 19.9. The number of alkyl halides is 2. The van der Waals surface area contributed by atoms with Gasteiger partial charge in [-0.3, -0.25) is 4.98 Å². The third-order valence-corrected chi connectivity index (χ3v) is 5.01. The van der Waals surface area contributed by atoms with Gasteiger partial charge in [-0.2, -0.15) is 4.98 Å². The molecule has 1 unspecified atom stereocenters. The van der Waals surface area contributed by atoms with E-state index in [1.807, 2.05) is 0 Å². The Bertz CT molecular complexity index is 751. The van der Waals surface area contributed by atoms with Gasteiger partial charge >= 0.3 is 0 Å². The van der Waals surface area contributed by atoms with Gasteiger partial charge in [0.1, 0.15) is 18.7 Å². The van der Waals surface area contributed by atoms with Crippen molar-refractivity contribution >= 4 is 11.8 Å². The molecule has 1 aliphatic rings. The van der Waals surface area contributed by atoms with Crippen molar-refractivity contribution in [3.8, 4) is 11.3 Å². The number of hydrogen-bond donors (Lipinski definition) is 3. The molecule has 0 spiro atoms. The summed E-state index contributed by atoms with van der Waals surface area (Å²) in [6, 6.07) is 3.61. The van der Waals surface area contributed by atoms with E-state index in [0.29, 0.717) is 35.0 Å². The van der Waals surface area contributed by atoms with E-state index in [9.17, 15) is 13.9 Å². The maximum Gasteiger partial charge on any atom is 0.224 e. The van der Waals surface area contributed by atoms with Gasteiger partial charge in [0.15, 0.2) is 0 Å². The lowest BCUT2D eigenvalue weighted by atomic mass is 9.93. The lowest BCUT2D eigenvalue weighted by Gasteiger charge is -2.27. The Labute approximate surface area is 163 Å². The molecular formula is C20H27F2N5O. The number of nitrogens with zero attached hydrogens (tertiary/aromatic N) is 3. The average Bonchev–Trinajstić information content (AvgIpc) is 2.74. The van der Waals surface area contributed by atoms with Crippen molar-refractivity contribution in [1.82, 2.24) is 15.0 Å². The van der Waals surface area contributed by atoms with Gasteiger partial charge in [0.05, 0.1) is 17.4 Å². The van der Waals surface area contributed by atoms with Crippen LogP contribution in [0.5, 0.6) is 0 Å². The molecule has 3 N–H and O–H groups in total. The lowest BCUT2D eigenvalue weighted by Crippen LogP contribution is -2.29. The van der Waals surface area contributed by atoms with Crippen LogP contribution in [0, 0.1) is 0 Å². The molecule has 0 saturated heterocycles. The predicted molar refractivity (Wildman–Crippen MR) is 106 cm³/mol. The number of hydrogen-bond acceptors (Lipinski definition) is 6. The molecule has 0 aliphatic heterocycles.